The van der Waals surface area contributed by atoms with Gasteiger partial charge in [-0.2, -0.15) is 0 Å². The maximum absolute atomic E-state index is 5.91. The van der Waals surface area contributed by atoms with Crippen LogP contribution in [0.5, 0.6) is 5.75 Å². The third-order valence-corrected chi connectivity index (χ3v) is 3.21. The molecule has 2 N–H and O–H groups in total. The zero-order valence-electron chi connectivity index (χ0n) is 7.07. The van der Waals surface area contributed by atoms with Gasteiger partial charge in [0, 0.05) is 4.90 Å². The highest BCUT2D eigenvalue weighted by Gasteiger charge is 2.09. The Kier molecular flexibility index (Phi) is 2.09. The van der Waals surface area contributed by atoms with Crippen molar-refractivity contribution in [3.8, 4) is 5.75 Å². The molecule has 0 aliphatic carbocycles. The topological polar surface area (TPSA) is 35.2 Å². The van der Waals surface area contributed by atoms with E-state index in [1.165, 1.54) is 0 Å². The number of methoxy groups -OCH3 is 1. The lowest BCUT2D eigenvalue weighted by Gasteiger charge is -2.07. The van der Waals surface area contributed by atoms with Gasteiger partial charge in [-0.05, 0) is 22.9 Å². The first-order valence-electron chi connectivity index (χ1n) is 3.76. The Bertz CT molecular complexity index is 450. The number of thiophene rings is 1. The van der Waals surface area contributed by atoms with Crippen LogP contribution >= 0.6 is 24.0 Å². The maximum Gasteiger partial charge on any atom is 0.156 e. The minimum atomic E-state index is 0.665. The number of ether oxygens (including phenoxy) is 1. The minimum Gasteiger partial charge on any atom is -0.493 e. The molecule has 0 saturated heterocycles. The first kappa shape index (κ1) is 8.72. The first-order valence-corrected chi connectivity index (χ1v) is 5.09. The number of hydrogen-bond donors (Lipinski definition) is 2. The number of hydrogen-bond acceptors (Lipinski definition) is 4. The van der Waals surface area contributed by atoms with Gasteiger partial charge in [0.1, 0.15) is 0 Å². The summed E-state index contributed by atoms with van der Waals surface area (Å²) in [7, 11) is 1.60. The predicted molar refractivity (Wildman–Crippen MR) is 60.0 cm³/mol. The van der Waals surface area contributed by atoms with Crippen molar-refractivity contribution in [2.75, 3.05) is 12.8 Å². The summed E-state index contributed by atoms with van der Waals surface area (Å²) < 4.78 is 6.22. The summed E-state index contributed by atoms with van der Waals surface area (Å²) in [5.74, 6) is 0.665. The summed E-state index contributed by atoms with van der Waals surface area (Å²) in [5, 5.41) is 3.13. The molecule has 1 aromatic heterocycles. The van der Waals surface area contributed by atoms with Gasteiger partial charge >= 0.3 is 0 Å². The highest BCUT2D eigenvalue weighted by Crippen LogP contribution is 2.38. The van der Waals surface area contributed by atoms with E-state index in [9.17, 15) is 0 Å². The largest absolute Gasteiger partial charge is 0.493 e. The molecular formula is C9H9NOS2. The average Bonchev–Trinajstić information content (AvgIpc) is 2.53. The molecule has 0 atom stereocenters. The lowest BCUT2D eigenvalue weighted by atomic mass is 10.2. The van der Waals surface area contributed by atoms with Gasteiger partial charge in [-0.3, -0.25) is 0 Å². The standard InChI is InChI=1S/C9H9NOS2/c1-11-8-6(12)4-5-2-3-13-9(5)7(8)10/h2-4,12H,10H2,1H3. The van der Waals surface area contributed by atoms with Gasteiger partial charge < -0.3 is 10.5 Å². The number of anilines is 1. The molecule has 13 heavy (non-hydrogen) atoms. The zero-order valence-corrected chi connectivity index (χ0v) is 8.78. The molecule has 2 rings (SSSR count). The molecule has 4 heteroatoms. The van der Waals surface area contributed by atoms with Crippen LogP contribution in [0.2, 0.25) is 0 Å². The van der Waals surface area contributed by atoms with E-state index in [4.69, 9.17) is 10.5 Å². The summed E-state index contributed by atoms with van der Waals surface area (Å²) in [6, 6.07) is 3.99. The van der Waals surface area contributed by atoms with Gasteiger partial charge in [0.05, 0.1) is 17.5 Å². The average molecular weight is 211 g/mol. The van der Waals surface area contributed by atoms with E-state index in [2.05, 4.69) is 12.6 Å². The smallest absolute Gasteiger partial charge is 0.156 e. The van der Waals surface area contributed by atoms with E-state index >= 15 is 0 Å². The molecule has 0 saturated carbocycles. The number of nitrogens with two attached hydrogens (primary N) is 1. The second-order valence-corrected chi connectivity index (χ2v) is 4.08. The van der Waals surface area contributed by atoms with Crippen molar-refractivity contribution in [3.63, 3.8) is 0 Å². The number of rotatable bonds is 1. The SMILES string of the molecule is COc1c(S)cc2ccsc2c1N. The molecule has 0 radical (unpaired) electrons. The number of fused-ring (bicyclic) bond motifs is 1. The monoisotopic (exact) mass is 211 g/mol. The molecule has 0 aliphatic heterocycles. The lowest BCUT2D eigenvalue weighted by Crippen LogP contribution is -1.93. The second kappa shape index (κ2) is 3.12. The molecular weight excluding hydrogens is 202 g/mol. The van der Waals surface area contributed by atoms with Crippen LogP contribution in [0.1, 0.15) is 0 Å². The van der Waals surface area contributed by atoms with Gasteiger partial charge in [-0.1, -0.05) is 0 Å². The minimum absolute atomic E-state index is 0.665. The van der Waals surface area contributed by atoms with Gasteiger partial charge in [-0.25, -0.2) is 0 Å². The summed E-state index contributed by atoms with van der Waals surface area (Å²) in [5.41, 5.74) is 6.59. The van der Waals surface area contributed by atoms with Gasteiger partial charge in [-0.15, -0.1) is 24.0 Å². The number of nitrogen functional groups attached to an aromatic ring is 1. The van der Waals surface area contributed by atoms with Crippen LogP contribution in [0.15, 0.2) is 22.4 Å². The van der Waals surface area contributed by atoms with Crippen molar-refractivity contribution < 1.29 is 4.74 Å². The summed E-state index contributed by atoms with van der Waals surface area (Å²) in [4.78, 5) is 0.783. The van der Waals surface area contributed by atoms with Crippen molar-refractivity contribution in [3.05, 3.63) is 17.5 Å². The van der Waals surface area contributed by atoms with Crippen molar-refractivity contribution in [1.82, 2.24) is 0 Å². The normalized spacial score (nSPS) is 10.6. The van der Waals surface area contributed by atoms with Gasteiger partial charge in [0.15, 0.2) is 5.75 Å². The fourth-order valence-corrected chi connectivity index (χ4v) is 2.50. The molecule has 0 fully saturated rings. The highest BCUT2D eigenvalue weighted by atomic mass is 32.1. The van der Waals surface area contributed by atoms with E-state index in [0.29, 0.717) is 11.4 Å². The van der Waals surface area contributed by atoms with Crippen molar-refractivity contribution in [2.45, 2.75) is 4.90 Å². The quantitative estimate of drug-likeness (QED) is 0.562. The van der Waals surface area contributed by atoms with Crippen LogP contribution in [0.4, 0.5) is 5.69 Å². The van der Waals surface area contributed by atoms with Crippen molar-refractivity contribution in [2.24, 2.45) is 0 Å². The molecule has 68 valence electrons. The number of benzene rings is 1. The zero-order chi connectivity index (χ0) is 9.42. The molecule has 1 aromatic carbocycles. The fraction of sp³-hybridized carbons (Fsp3) is 0.111. The van der Waals surface area contributed by atoms with Crippen LogP contribution in [0.3, 0.4) is 0 Å². The summed E-state index contributed by atoms with van der Waals surface area (Å²) >= 11 is 5.91. The predicted octanol–water partition coefficient (Wildman–Crippen LogP) is 2.78. The van der Waals surface area contributed by atoms with Crippen LogP contribution in [-0.2, 0) is 0 Å². The molecule has 0 unspecified atom stereocenters. The lowest BCUT2D eigenvalue weighted by molar-refractivity contribution is 0.408. The van der Waals surface area contributed by atoms with Crippen LogP contribution in [-0.4, -0.2) is 7.11 Å². The van der Waals surface area contributed by atoms with Gasteiger partial charge in [0.2, 0.25) is 0 Å². The van der Waals surface area contributed by atoms with Crippen LogP contribution in [0.25, 0.3) is 10.1 Å². The molecule has 2 nitrogen and oxygen atoms in total. The summed E-state index contributed by atoms with van der Waals surface area (Å²) in [6.45, 7) is 0. The third-order valence-electron chi connectivity index (χ3n) is 1.91. The summed E-state index contributed by atoms with van der Waals surface area (Å²) in [6.07, 6.45) is 0. The maximum atomic E-state index is 5.91. The molecule has 2 aromatic rings. The molecule has 0 spiro atoms. The fourth-order valence-electron chi connectivity index (χ4n) is 1.32. The Balaban J connectivity index is 2.85. The molecule has 0 aliphatic rings. The van der Waals surface area contributed by atoms with E-state index in [0.717, 1.165) is 15.0 Å². The molecule has 0 bridgehead atoms. The molecule has 0 amide bonds. The van der Waals surface area contributed by atoms with Crippen molar-refractivity contribution >= 4 is 39.7 Å². The Morgan fingerprint density at radius 3 is 3.00 bits per heavy atom. The Labute approximate surface area is 85.7 Å². The van der Waals surface area contributed by atoms with Gasteiger partial charge in [0.25, 0.3) is 0 Å². The van der Waals surface area contributed by atoms with E-state index in [-0.39, 0.29) is 0 Å². The Morgan fingerprint density at radius 1 is 1.54 bits per heavy atom. The Hall–Kier alpha value is -0.870. The van der Waals surface area contributed by atoms with E-state index < -0.39 is 0 Å². The van der Waals surface area contributed by atoms with Crippen LogP contribution < -0.4 is 10.5 Å². The second-order valence-electron chi connectivity index (χ2n) is 2.68. The molecule has 1 heterocycles. The third kappa shape index (κ3) is 1.26. The first-order chi connectivity index (χ1) is 6.24. The van der Waals surface area contributed by atoms with E-state index in [1.807, 2.05) is 17.5 Å². The number of thiol groups is 1. The Morgan fingerprint density at radius 2 is 2.31 bits per heavy atom. The van der Waals surface area contributed by atoms with Crippen LogP contribution in [0, 0.1) is 0 Å². The van der Waals surface area contributed by atoms with E-state index in [1.54, 1.807) is 18.4 Å². The highest BCUT2D eigenvalue weighted by molar-refractivity contribution is 7.80. The van der Waals surface area contributed by atoms with Crippen molar-refractivity contribution in [1.29, 1.82) is 0 Å².